The zero-order valence-electron chi connectivity index (χ0n) is 54.7. The molecule has 12 rings (SSSR count). The number of fused-ring (bicyclic) bond motifs is 4. The second kappa shape index (κ2) is 36.7. The zero-order chi connectivity index (χ0) is 71.9. The Morgan fingerprint density at radius 3 is 1.03 bits per heavy atom. The molecule has 0 unspecified atom stereocenters. The van der Waals surface area contributed by atoms with Gasteiger partial charge in [-0.15, -0.1) is 0 Å². The number of nitrogens with zero attached hydrogens (tertiary/aromatic N) is 10. The van der Waals surface area contributed by atoms with Gasteiger partial charge in [-0.1, -0.05) is 36.4 Å². The molecule has 36 nitrogen and oxygen atoms in total. The number of hydrogen-bond acceptors (Lipinski definition) is 30. The van der Waals surface area contributed by atoms with Gasteiger partial charge in [-0.05, 0) is 119 Å². The molecule has 2 aliphatic carbocycles. The van der Waals surface area contributed by atoms with Crippen molar-refractivity contribution in [2.45, 2.75) is 9.79 Å². The van der Waals surface area contributed by atoms with Crippen molar-refractivity contribution in [3.8, 4) is 11.5 Å². The third-order valence-electron chi connectivity index (χ3n) is 14.1. The fourth-order valence-corrected chi connectivity index (χ4v) is 12.9. The number of ketones is 2. The van der Waals surface area contributed by atoms with E-state index in [4.69, 9.17) is 23.2 Å². The van der Waals surface area contributed by atoms with E-state index in [1.165, 1.54) is 36.4 Å². The van der Waals surface area contributed by atoms with Crippen LogP contribution in [0.2, 0.25) is 10.6 Å². The van der Waals surface area contributed by atoms with Crippen LogP contribution in [0.4, 0.5) is 69.3 Å². The van der Waals surface area contributed by atoms with Crippen LogP contribution in [0.3, 0.4) is 0 Å². The summed E-state index contributed by atoms with van der Waals surface area (Å²) in [4.78, 5) is 67.9. The van der Waals surface area contributed by atoms with Crippen LogP contribution in [0, 0.1) is 20.2 Å². The van der Waals surface area contributed by atoms with E-state index in [1.54, 1.807) is 48.5 Å². The molecule has 2 aliphatic rings. The smallest absolute Gasteiger partial charge is 0.505 e. The number of anilines is 10. The molecule has 0 radical (unpaired) electrons. The number of phenols is 2. The molecule has 0 spiro atoms. The number of nitro benzene ring substituents is 2. The van der Waals surface area contributed by atoms with Crippen LogP contribution < -0.4 is 180 Å². The van der Waals surface area contributed by atoms with Crippen molar-refractivity contribution in [3.05, 3.63) is 211 Å². The minimum atomic E-state index is -5.09. The summed E-state index contributed by atoms with van der Waals surface area (Å²) in [6.45, 7) is 0. The first-order valence-electron chi connectivity index (χ1n) is 27.5. The van der Waals surface area contributed by atoms with Crippen molar-refractivity contribution in [1.29, 1.82) is 0 Å². The standard InChI is InChI=1S/2C29H19ClN8O10S2.Cr.5Na/c2*30-27-33-28(31-15-4-2-1-3-5-15)35-29(34-27)32-16-6-8-18-14(10-16)11-23(50(46,47)48)25(26(18)40)37-36-24-19-9-7-17(38(41)42)12-20(19)22(13-21(24)39)49(43,44)45;;;;;;/h2*1-13,37,40H,(H,43,44,45)(H,46,47,48)(H2,31,32,33,34,35);;;;;;/q;;;5*+1. The molecule has 0 saturated heterocycles. The van der Waals surface area contributed by atoms with E-state index in [9.17, 15) is 91.9 Å². The van der Waals surface area contributed by atoms with Gasteiger partial charge in [0.15, 0.2) is 0 Å². The van der Waals surface area contributed by atoms with Gasteiger partial charge in [0, 0.05) is 110 Å². The number of hydrogen-bond donors (Lipinski definition) is 12. The van der Waals surface area contributed by atoms with Crippen LogP contribution >= 0.6 is 23.2 Å². The molecule has 0 amide bonds. The summed E-state index contributed by atoms with van der Waals surface area (Å²) < 4.78 is 137. The van der Waals surface area contributed by atoms with Gasteiger partial charge in [0.2, 0.25) is 45.9 Å². The number of carbonyl (C=O) groups is 2. The number of nitrogens with one attached hydrogen (secondary N) is 6. The fraction of sp³-hybridized carbons (Fsp3) is 0. The summed E-state index contributed by atoms with van der Waals surface area (Å²) in [7, 11) is -20.2. The van der Waals surface area contributed by atoms with E-state index in [0.717, 1.165) is 48.5 Å². The van der Waals surface area contributed by atoms with Crippen LogP contribution in [-0.2, 0) is 67.4 Å². The first-order chi connectivity index (χ1) is 47.2. The van der Waals surface area contributed by atoms with Gasteiger partial charge < -0.3 is 31.5 Å². The molecule has 0 bridgehead atoms. The van der Waals surface area contributed by atoms with Gasteiger partial charge in [0.05, 0.1) is 9.85 Å². The quantitative estimate of drug-likeness (QED) is 0.0125. The van der Waals surface area contributed by atoms with Gasteiger partial charge >= 0.3 is 148 Å². The number of aromatic nitrogens is 6. The molecule has 8 aromatic carbocycles. The van der Waals surface area contributed by atoms with Crippen molar-refractivity contribution < 1.29 is 247 Å². The molecule has 12 N–H and O–H groups in total. The molecule has 0 saturated carbocycles. The predicted octanol–water partition coefficient (Wildman–Crippen LogP) is -5.68. The first kappa shape index (κ1) is 90.0. The molecule has 0 aliphatic heterocycles. The fourth-order valence-electron chi connectivity index (χ4n) is 9.78. The number of rotatable bonds is 18. The monoisotopic (exact) mass is 1640 g/mol. The Labute approximate surface area is 728 Å². The number of non-ortho nitro benzene ring substituents is 2. The SMILES string of the molecule is O=C1C=C(S(=O)(=O)O)c2cc([N+](=O)[O-])ccc2C1=NNc1c(S(=O)(=O)O)cc2cc(Nc3nc(Cl)nc(Nc4ccccc4)n3)ccc2c1O.O=C1C=C(S(=O)(=O)O)c2cc([N+](=O)[O-])ccc2C1=NNc1c(S(=O)(=O)O)cc2cc(Nc3nc(Cl)nc(Nc4ccccc4)n3)ccc2c1O.[Cr].[Na+].[Na+].[Na+].[Na+].[Na+]. The van der Waals surface area contributed by atoms with Gasteiger partial charge in [-0.3, -0.25) is 58.9 Å². The van der Waals surface area contributed by atoms with Crippen molar-refractivity contribution in [1.82, 2.24) is 29.9 Å². The Morgan fingerprint density at radius 1 is 0.406 bits per heavy atom. The minimum absolute atomic E-state index is 0. The van der Waals surface area contributed by atoms with E-state index in [-0.39, 0.29) is 232 Å². The molecule has 514 valence electrons. The van der Waals surface area contributed by atoms with Gasteiger partial charge in [0.1, 0.15) is 53.9 Å². The van der Waals surface area contributed by atoms with E-state index in [2.05, 4.69) is 72.2 Å². The molecule has 10 aromatic rings. The van der Waals surface area contributed by atoms with Crippen molar-refractivity contribution in [2.24, 2.45) is 10.2 Å². The summed E-state index contributed by atoms with van der Waals surface area (Å²) >= 11 is 12.2. The largest absolute Gasteiger partial charge is 1.00 e. The van der Waals surface area contributed by atoms with Gasteiger partial charge in [-0.2, -0.15) is 73.8 Å². The number of nitro groups is 2. The number of aromatic hydroxyl groups is 2. The van der Waals surface area contributed by atoms with E-state index >= 15 is 0 Å². The molecule has 0 fully saturated rings. The van der Waals surface area contributed by atoms with Crippen LogP contribution in [0.1, 0.15) is 22.3 Å². The van der Waals surface area contributed by atoms with E-state index < -0.39 is 138 Å². The molecule has 0 atom stereocenters. The van der Waals surface area contributed by atoms with E-state index in [1.807, 2.05) is 12.1 Å². The zero-order valence-corrected chi connectivity index (χ0v) is 70.7. The first-order valence-corrected chi connectivity index (χ1v) is 34.0. The van der Waals surface area contributed by atoms with Crippen LogP contribution in [0.5, 0.6) is 11.5 Å². The van der Waals surface area contributed by atoms with Gasteiger partial charge in [-0.25, -0.2) is 0 Å². The summed E-state index contributed by atoms with van der Waals surface area (Å²) in [5.74, 6) is -3.42. The maximum absolute atomic E-state index is 12.9. The van der Waals surface area contributed by atoms with Crippen LogP contribution in [0.25, 0.3) is 31.4 Å². The average molecular weight is 1650 g/mol. The summed E-state index contributed by atoms with van der Waals surface area (Å²) in [5, 5.41) is 64.4. The summed E-state index contributed by atoms with van der Waals surface area (Å²) in [6, 6.07) is 34.0. The number of carbonyl (C=O) groups excluding carboxylic acids is 2. The molecule has 48 heteroatoms. The topological polar surface area (TPSA) is 553 Å². The third kappa shape index (κ3) is 21.0. The Balaban J connectivity index is 0.000000360. The molecule has 2 aromatic heterocycles. The van der Waals surface area contributed by atoms with Gasteiger partial charge in [0.25, 0.3) is 51.8 Å². The summed E-state index contributed by atoms with van der Waals surface area (Å²) in [6.07, 6.45) is 0.946. The number of phenolic OH excluding ortho intramolecular Hbond substituents is 2. The second-order valence-corrected chi connectivity index (χ2v) is 26.8. The number of halogens is 2. The third-order valence-corrected chi connectivity index (χ3v) is 18.0. The Bertz CT molecular complexity index is 5490. The second-order valence-electron chi connectivity index (χ2n) is 20.6. The van der Waals surface area contributed by atoms with E-state index in [0.29, 0.717) is 34.9 Å². The molecular weight excluding hydrogens is 1610 g/mol. The van der Waals surface area contributed by atoms with Crippen molar-refractivity contribution >= 4 is 187 Å². The van der Waals surface area contributed by atoms with Crippen LogP contribution in [-0.4, -0.2) is 125 Å². The summed E-state index contributed by atoms with van der Waals surface area (Å²) in [5.41, 5.74) is 1.34. The number of para-hydroxylation sites is 2. The maximum Gasteiger partial charge on any atom is 1.00 e. The molecule has 106 heavy (non-hydrogen) atoms. The molecule has 2 heterocycles. The average Bonchev–Trinajstić information content (AvgIpc) is 0.766. The normalized spacial score (nSPS) is 13.1. The van der Waals surface area contributed by atoms with Crippen molar-refractivity contribution in [3.63, 3.8) is 0 Å². The maximum atomic E-state index is 12.9. The minimum Gasteiger partial charge on any atom is -0.505 e. The Hall–Kier alpha value is -6.59. The van der Waals surface area contributed by atoms with Crippen molar-refractivity contribution in [2.75, 3.05) is 32.1 Å². The molecular formula is C58H38Cl2CrN16Na5O20S4+5. The number of allylic oxidation sites excluding steroid dienone is 2. The predicted molar refractivity (Wildman–Crippen MR) is 362 cm³/mol. The Kier molecular flexibility index (Phi) is 31.2. The Morgan fingerprint density at radius 2 is 0.726 bits per heavy atom. The number of hydrazone groups is 2. The van der Waals surface area contributed by atoms with Crippen LogP contribution in [0.15, 0.2) is 178 Å². The number of benzene rings is 8.